The number of aromatic nitrogens is 2. The van der Waals surface area contributed by atoms with E-state index < -0.39 is 0 Å². The molecule has 2 rings (SSSR count). The number of hydrogen-bond donors (Lipinski definition) is 2. The third kappa shape index (κ3) is 8.68. The third-order valence-electron chi connectivity index (χ3n) is 3.76. The molecule has 2 aromatic rings. The van der Waals surface area contributed by atoms with Crippen LogP contribution in [-0.2, 0) is 12.8 Å². The summed E-state index contributed by atoms with van der Waals surface area (Å²) in [5.74, 6) is 2.24. The van der Waals surface area contributed by atoms with Crippen LogP contribution in [0.3, 0.4) is 0 Å². The minimum atomic E-state index is -0.204. The molecule has 0 aliphatic heterocycles. The highest BCUT2D eigenvalue weighted by atomic mass is 127. The third-order valence-corrected chi connectivity index (χ3v) is 3.76. The van der Waals surface area contributed by atoms with Crippen LogP contribution in [0.2, 0.25) is 0 Å². The van der Waals surface area contributed by atoms with Gasteiger partial charge in [0, 0.05) is 32.0 Å². The predicted molar refractivity (Wildman–Crippen MR) is 116 cm³/mol. The Morgan fingerprint density at radius 2 is 2.07 bits per heavy atom. The second-order valence-electron chi connectivity index (χ2n) is 6.37. The van der Waals surface area contributed by atoms with Crippen molar-refractivity contribution >= 4 is 29.9 Å². The van der Waals surface area contributed by atoms with E-state index in [4.69, 9.17) is 4.52 Å². The molecule has 0 fully saturated rings. The summed E-state index contributed by atoms with van der Waals surface area (Å²) in [6.45, 7) is 8.24. The molecule has 0 amide bonds. The van der Waals surface area contributed by atoms with Crippen LogP contribution < -0.4 is 10.6 Å². The Morgan fingerprint density at radius 3 is 2.74 bits per heavy atom. The number of rotatable bonds is 9. The molecular weight excluding hydrogens is 460 g/mol. The Bertz CT molecular complexity index is 705. The molecule has 0 spiro atoms. The first-order valence-electron chi connectivity index (χ1n) is 9.17. The zero-order valence-electron chi connectivity index (χ0n) is 16.2. The van der Waals surface area contributed by atoms with E-state index in [2.05, 4.69) is 25.8 Å². The van der Waals surface area contributed by atoms with Crippen molar-refractivity contribution < 1.29 is 8.91 Å². The first-order chi connectivity index (χ1) is 12.6. The van der Waals surface area contributed by atoms with Crippen molar-refractivity contribution in [2.45, 2.75) is 46.0 Å². The number of hydrogen-bond acceptors (Lipinski definition) is 4. The second-order valence-corrected chi connectivity index (χ2v) is 6.37. The topological polar surface area (TPSA) is 75.3 Å². The molecule has 0 aliphatic rings. The molecule has 150 valence electrons. The van der Waals surface area contributed by atoms with Crippen LogP contribution in [0.25, 0.3) is 0 Å². The van der Waals surface area contributed by atoms with Gasteiger partial charge in [-0.15, -0.1) is 24.0 Å². The minimum absolute atomic E-state index is 0. The maximum Gasteiger partial charge on any atom is 0.226 e. The molecule has 0 radical (unpaired) electrons. The lowest BCUT2D eigenvalue weighted by Gasteiger charge is -2.11. The second kappa shape index (κ2) is 12.6. The smallest absolute Gasteiger partial charge is 0.226 e. The molecule has 0 aliphatic carbocycles. The number of aliphatic imine (C=N–C) groups is 1. The van der Waals surface area contributed by atoms with Crippen molar-refractivity contribution in [3.8, 4) is 0 Å². The quantitative estimate of drug-likeness (QED) is 0.243. The van der Waals surface area contributed by atoms with Gasteiger partial charge in [-0.05, 0) is 37.5 Å². The molecule has 2 N–H and O–H groups in total. The zero-order valence-corrected chi connectivity index (χ0v) is 18.5. The van der Waals surface area contributed by atoms with Gasteiger partial charge in [0.2, 0.25) is 5.89 Å². The molecular formula is C19H29FIN5O. The van der Waals surface area contributed by atoms with Crippen LogP contribution in [-0.4, -0.2) is 35.7 Å². The summed E-state index contributed by atoms with van der Waals surface area (Å²) in [4.78, 5) is 8.91. The van der Waals surface area contributed by atoms with Gasteiger partial charge in [0.05, 0.1) is 0 Å². The highest BCUT2D eigenvalue weighted by molar-refractivity contribution is 14.0. The lowest BCUT2D eigenvalue weighted by atomic mass is 10.1. The van der Waals surface area contributed by atoms with Crippen LogP contribution in [0.5, 0.6) is 0 Å². The average Bonchev–Trinajstić information content (AvgIpc) is 3.08. The van der Waals surface area contributed by atoms with Gasteiger partial charge in [0.1, 0.15) is 5.82 Å². The fraction of sp³-hybridized carbons (Fsp3) is 0.526. The van der Waals surface area contributed by atoms with E-state index in [1.165, 1.54) is 6.07 Å². The summed E-state index contributed by atoms with van der Waals surface area (Å²) >= 11 is 0. The van der Waals surface area contributed by atoms with Crippen LogP contribution in [0.15, 0.2) is 33.8 Å². The highest BCUT2D eigenvalue weighted by Crippen LogP contribution is 2.10. The maximum absolute atomic E-state index is 13.2. The molecule has 1 heterocycles. The molecule has 0 saturated heterocycles. The van der Waals surface area contributed by atoms with Crippen LogP contribution in [0, 0.1) is 5.82 Å². The summed E-state index contributed by atoms with van der Waals surface area (Å²) in [7, 11) is 0. The summed E-state index contributed by atoms with van der Waals surface area (Å²) in [6, 6.07) is 6.66. The number of benzene rings is 1. The monoisotopic (exact) mass is 489 g/mol. The zero-order chi connectivity index (χ0) is 18.8. The fourth-order valence-corrected chi connectivity index (χ4v) is 2.38. The van der Waals surface area contributed by atoms with Gasteiger partial charge in [0.25, 0.3) is 0 Å². The van der Waals surface area contributed by atoms with E-state index >= 15 is 0 Å². The van der Waals surface area contributed by atoms with Gasteiger partial charge in [0.15, 0.2) is 11.8 Å². The van der Waals surface area contributed by atoms with Crippen LogP contribution >= 0.6 is 24.0 Å². The highest BCUT2D eigenvalue weighted by Gasteiger charge is 2.09. The minimum Gasteiger partial charge on any atom is -0.357 e. The lowest BCUT2D eigenvalue weighted by molar-refractivity contribution is 0.369. The summed E-state index contributed by atoms with van der Waals surface area (Å²) in [5, 5.41) is 10.4. The summed E-state index contributed by atoms with van der Waals surface area (Å²) in [5.41, 5.74) is 0.964. The normalized spacial score (nSPS) is 11.4. The Balaban J connectivity index is 0.00000364. The molecule has 1 aromatic carbocycles. The van der Waals surface area contributed by atoms with E-state index in [-0.39, 0.29) is 35.7 Å². The standard InChI is InChI=1S/C19H28FN5O.HI/c1-4-21-19(23-12-10-15-7-5-8-16(20)13-15)22-11-6-9-17-24-18(14(2)3)25-26-17;/h5,7-8,13-14H,4,6,9-12H2,1-3H3,(H2,21,22,23);1H. The van der Waals surface area contributed by atoms with E-state index in [9.17, 15) is 4.39 Å². The van der Waals surface area contributed by atoms with E-state index in [0.29, 0.717) is 25.4 Å². The first kappa shape index (κ1) is 23.3. The molecule has 1 aromatic heterocycles. The number of halogens is 2. The van der Waals surface area contributed by atoms with Crippen LogP contribution in [0.4, 0.5) is 4.39 Å². The number of nitrogens with one attached hydrogen (secondary N) is 2. The summed E-state index contributed by atoms with van der Waals surface area (Å²) < 4.78 is 18.4. The van der Waals surface area contributed by atoms with Gasteiger partial charge < -0.3 is 15.2 Å². The number of guanidine groups is 1. The van der Waals surface area contributed by atoms with Crippen molar-refractivity contribution in [2.24, 2.45) is 4.99 Å². The Kier molecular flexibility index (Phi) is 10.9. The van der Waals surface area contributed by atoms with Gasteiger partial charge in [-0.25, -0.2) is 4.39 Å². The molecule has 6 nitrogen and oxygen atoms in total. The van der Waals surface area contributed by atoms with E-state index in [0.717, 1.165) is 36.7 Å². The SMILES string of the molecule is CCNC(=NCCCc1nc(C(C)C)no1)NCCc1cccc(F)c1.I. The van der Waals surface area contributed by atoms with Gasteiger partial charge >= 0.3 is 0 Å². The number of nitrogens with zero attached hydrogens (tertiary/aromatic N) is 3. The molecule has 0 atom stereocenters. The molecule has 8 heteroatoms. The lowest BCUT2D eigenvalue weighted by Crippen LogP contribution is -2.38. The van der Waals surface area contributed by atoms with Gasteiger partial charge in [-0.2, -0.15) is 4.98 Å². The summed E-state index contributed by atoms with van der Waals surface area (Å²) in [6.07, 6.45) is 2.29. The van der Waals surface area contributed by atoms with Crippen molar-refractivity contribution in [3.63, 3.8) is 0 Å². The Hall–Kier alpha value is -1.71. The van der Waals surface area contributed by atoms with Crippen molar-refractivity contribution in [3.05, 3.63) is 47.4 Å². The molecule has 0 bridgehead atoms. The number of aryl methyl sites for hydroxylation is 1. The fourth-order valence-electron chi connectivity index (χ4n) is 2.38. The largest absolute Gasteiger partial charge is 0.357 e. The molecule has 0 saturated carbocycles. The van der Waals surface area contributed by atoms with Crippen molar-refractivity contribution in [1.82, 2.24) is 20.8 Å². The Morgan fingerprint density at radius 1 is 1.26 bits per heavy atom. The van der Waals surface area contributed by atoms with Crippen molar-refractivity contribution in [2.75, 3.05) is 19.6 Å². The Labute approximate surface area is 177 Å². The average molecular weight is 489 g/mol. The maximum atomic E-state index is 13.2. The van der Waals surface area contributed by atoms with Crippen LogP contribution in [0.1, 0.15) is 50.4 Å². The molecule has 0 unspecified atom stereocenters. The predicted octanol–water partition coefficient (Wildman–Crippen LogP) is 3.68. The van der Waals surface area contributed by atoms with Crippen molar-refractivity contribution in [1.29, 1.82) is 0 Å². The molecule has 27 heavy (non-hydrogen) atoms. The van der Waals surface area contributed by atoms with E-state index in [1.807, 2.05) is 26.8 Å². The first-order valence-corrected chi connectivity index (χ1v) is 9.17. The van der Waals surface area contributed by atoms with Gasteiger partial charge in [-0.1, -0.05) is 31.1 Å². The van der Waals surface area contributed by atoms with Gasteiger partial charge in [-0.3, -0.25) is 4.99 Å². The van der Waals surface area contributed by atoms with E-state index in [1.54, 1.807) is 12.1 Å².